The summed E-state index contributed by atoms with van der Waals surface area (Å²) in [6.07, 6.45) is -0.237. The standard InChI is InChI=1S/C11H13F3N2O/c1-4-6-9(5-2)7-10(17)16-15-8(3)11(12,13)14/h4-6H,1-2,7H2,3H3,(H,16,17)/b9-6+,15-8-. The predicted octanol–water partition coefficient (Wildman–Crippen LogP) is 2.73. The van der Waals surface area contributed by atoms with E-state index in [1.165, 1.54) is 18.2 Å². The lowest BCUT2D eigenvalue weighted by Crippen LogP contribution is -2.26. The van der Waals surface area contributed by atoms with Crippen LogP contribution < -0.4 is 5.43 Å². The monoisotopic (exact) mass is 246 g/mol. The quantitative estimate of drug-likeness (QED) is 0.452. The normalized spacial score (nSPS) is 13.2. The van der Waals surface area contributed by atoms with Gasteiger partial charge in [-0.1, -0.05) is 31.4 Å². The van der Waals surface area contributed by atoms with E-state index in [4.69, 9.17) is 0 Å². The van der Waals surface area contributed by atoms with Crippen LogP contribution in [0.5, 0.6) is 0 Å². The van der Waals surface area contributed by atoms with Gasteiger partial charge in [-0.3, -0.25) is 4.79 Å². The van der Waals surface area contributed by atoms with Crippen LogP contribution in [0.2, 0.25) is 0 Å². The summed E-state index contributed by atoms with van der Waals surface area (Å²) in [5.74, 6) is -0.651. The summed E-state index contributed by atoms with van der Waals surface area (Å²) in [6, 6.07) is 0. The highest BCUT2D eigenvalue weighted by atomic mass is 19.4. The Morgan fingerprint density at radius 2 is 2.00 bits per heavy atom. The van der Waals surface area contributed by atoms with Crippen LogP contribution in [0.15, 0.2) is 42.1 Å². The molecule has 0 heterocycles. The number of nitrogens with one attached hydrogen (secondary N) is 1. The number of allylic oxidation sites excluding steroid dienone is 3. The molecule has 3 nitrogen and oxygen atoms in total. The zero-order valence-corrected chi connectivity index (χ0v) is 9.34. The summed E-state index contributed by atoms with van der Waals surface area (Å²) >= 11 is 0. The fraction of sp³-hybridized carbons (Fsp3) is 0.273. The van der Waals surface area contributed by atoms with E-state index in [2.05, 4.69) is 18.3 Å². The maximum Gasteiger partial charge on any atom is 0.430 e. The van der Waals surface area contributed by atoms with E-state index in [9.17, 15) is 18.0 Å². The van der Waals surface area contributed by atoms with E-state index in [0.29, 0.717) is 5.57 Å². The molecule has 0 bridgehead atoms. The van der Waals surface area contributed by atoms with Crippen LogP contribution in [0.25, 0.3) is 0 Å². The van der Waals surface area contributed by atoms with Crippen LogP contribution in [0, 0.1) is 0 Å². The molecule has 0 spiro atoms. The first kappa shape index (κ1) is 15.2. The van der Waals surface area contributed by atoms with Gasteiger partial charge in [0.05, 0.1) is 6.42 Å². The van der Waals surface area contributed by atoms with Crippen LogP contribution in [-0.2, 0) is 4.79 Å². The summed E-state index contributed by atoms with van der Waals surface area (Å²) in [4.78, 5) is 11.2. The number of alkyl halides is 3. The molecule has 0 aliphatic carbocycles. The second-order valence-electron chi connectivity index (χ2n) is 3.09. The molecule has 0 aromatic rings. The van der Waals surface area contributed by atoms with Gasteiger partial charge in [0.15, 0.2) is 0 Å². The van der Waals surface area contributed by atoms with Gasteiger partial charge in [0.1, 0.15) is 5.71 Å². The van der Waals surface area contributed by atoms with Gasteiger partial charge in [0.25, 0.3) is 0 Å². The van der Waals surface area contributed by atoms with Gasteiger partial charge < -0.3 is 0 Å². The Morgan fingerprint density at radius 3 is 2.41 bits per heavy atom. The molecule has 17 heavy (non-hydrogen) atoms. The summed E-state index contributed by atoms with van der Waals surface area (Å²) < 4.78 is 36.1. The average Bonchev–Trinajstić information content (AvgIpc) is 2.23. The number of hydrogen-bond acceptors (Lipinski definition) is 2. The molecule has 0 unspecified atom stereocenters. The van der Waals surface area contributed by atoms with Gasteiger partial charge >= 0.3 is 6.18 Å². The van der Waals surface area contributed by atoms with Gasteiger partial charge in [0.2, 0.25) is 5.91 Å². The Morgan fingerprint density at radius 1 is 1.41 bits per heavy atom. The van der Waals surface area contributed by atoms with E-state index in [1.54, 1.807) is 0 Å². The van der Waals surface area contributed by atoms with Crippen molar-refractivity contribution in [3.63, 3.8) is 0 Å². The SMILES string of the molecule is C=C/C=C(\C=C)CC(=O)N/N=C(/C)C(F)(F)F. The summed E-state index contributed by atoms with van der Waals surface area (Å²) in [6.45, 7) is 7.66. The average molecular weight is 246 g/mol. The van der Waals surface area contributed by atoms with Crippen molar-refractivity contribution in [2.75, 3.05) is 0 Å². The number of amides is 1. The van der Waals surface area contributed by atoms with Crippen molar-refractivity contribution in [2.24, 2.45) is 5.10 Å². The Balaban J connectivity index is 4.44. The number of rotatable bonds is 5. The van der Waals surface area contributed by atoms with Crippen molar-refractivity contribution in [1.82, 2.24) is 5.43 Å². The molecular weight excluding hydrogens is 233 g/mol. The van der Waals surface area contributed by atoms with Crippen LogP contribution in [-0.4, -0.2) is 17.8 Å². The maximum atomic E-state index is 12.0. The molecule has 1 N–H and O–H groups in total. The van der Waals surface area contributed by atoms with Crippen LogP contribution in [0.1, 0.15) is 13.3 Å². The Bertz CT molecular complexity index is 367. The fourth-order valence-corrected chi connectivity index (χ4v) is 0.785. The summed E-state index contributed by atoms with van der Waals surface area (Å²) in [7, 11) is 0. The summed E-state index contributed by atoms with van der Waals surface area (Å²) in [5, 5.41) is 2.95. The van der Waals surface area contributed by atoms with Gasteiger partial charge in [-0.15, -0.1) is 0 Å². The van der Waals surface area contributed by atoms with Gasteiger partial charge in [-0.25, -0.2) is 5.43 Å². The Hall–Kier alpha value is -1.85. The first-order valence-electron chi connectivity index (χ1n) is 4.65. The lowest BCUT2D eigenvalue weighted by Gasteiger charge is -2.05. The van der Waals surface area contributed by atoms with Crippen molar-refractivity contribution in [1.29, 1.82) is 0 Å². The molecular formula is C11H13F3N2O. The topological polar surface area (TPSA) is 41.5 Å². The minimum absolute atomic E-state index is 0.107. The van der Waals surface area contributed by atoms with Crippen molar-refractivity contribution in [2.45, 2.75) is 19.5 Å². The third-order valence-corrected chi connectivity index (χ3v) is 1.72. The molecule has 0 radical (unpaired) electrons. The number of halogens is 3. The Kier molecular flexibility index (Phi) is 5.95. The van der Waals surface area contributed by atoms with E-state index in [1.807, 2.05) is 5.43 Å². The largest absolute Gasteiger partial charge is 0.430 e. The molecule has 1 amide bonds. The molecule has 0 fully saturated rings. The van der Waals surface area contributed by atoms with Crippen LogP contribution in [0.4, 0.5) is 13.2 Å². The third-order valence-electron chi connectivity index (χ3n) is 1.72. The second-order valence-corrected chi connectivity index (χ2v) is 3.09. The third kappa shape index (κ3) is 6.34. The molecule has 0 saturated heterocycles. The predicted molar refractivity (Wildman–Crippen MR) is 60.4 cm³/mol. The van der Waals surface area contributed by atoms with E-state index in [-0.39, 0.29) is 6.42 Å². The smallest absolute Gasteiger partial charge is 0.273 e. The number of hydrogen-bond donors (Lipinski definition) is 1. The molecule has 0 rings (SSSR count). The first-order valence-corrected chi connectivity index (χ1v) is 4.65. The zero-order chi connectivity index (χ0) is 13.5. The molecule has 0 aliphatic heterocycles. The first-order chi connectivity index (χ1) is 7.81. The van der Waals surface area contributed by atoms with E-state index >= 15 is 0 Å². The minimum atomic E-state index is -4.54. The molecule has 94 valence electrons. The number of carbonyl (C=O) groups is 1. The highest BCUT2D eigenvalue weighted by Gasteiger charge is 2.32. The molecule has 0 aliphatic rings. The van der Waals surface area contributed by atoms with Crippen molar-refractivity contribution in [3.8, 4) is 0 Å². The number of carbonyl (C=O) groups excluding carboxylic acids is 1. The highest BCUT2D eigenvalue weighted by Crippen LogP contribution is 2.16. The number of hydrazone groups is 1. The lowest BCUT2D eigenvalue weighted by atomic mass is 10.1. The zero-order valence-electron chi connectivity index (χ0n) is 9.34. The maximum absolute atomic E-state index is 12.0. The Labute approximate surface area is 97.4 Å². The van der Waals surface area contributed by atoms with Gasteiger partial charge in [-0.2, -0.15) is 18.3 Å². The van der Waals surface area contributed by atoms with Gasteiger partial charge in [-0.05, 0) is 12.5 Å². The van der Waals surface area contributed by atoms with Crippen LogP contribution >= 0.6 is 0 Å². The second kappa shape index (κ2) is 6.67. The summed E-state index contributed by atoms with van der Waals surface area (Å²) in [5.41, 5.74) is 1.25. The van der Waals surface area contributed by atoms with E-state index in [0.717, 1.165) is 6.92 Å². The van der Waals surface area contributed by atoms with Crippen LogP contribution in [0.3, 0.4) is 0 Å². The van der Waals surface area contributed by atoms with Crippen molar-refractivity contribution >= 4 is 11.6 Å². The highest BCUT2D eigenvalue weighted by molar-refractivity contribution is 5.89. The molecule has 6 heteroatoms. The molecule has 0 aromatic heterocycles. The fourth-order valence-electron chi connectivity index (χ4n) is 0.785. The van der Waals surface area contributed by atoms with E-state index < -0.39 is 17.8 Å². The van der Waals surface area contributed by atoms with Crippen molar-refractivity contribution in [3.05, 3.63) is 37.0 Å². The molecule has 0 aromatic carbocycles. The minimum Gasteiger partial charge on any atom is -0.273 e. The lowest BCUT2D eigenvalue weighted by molar-refractivity contribution is -0.120. The van der Waals surface area contributed by atoms with Gasteiger partial charge in [0, 0.05) is 0 Å². The molecule has 0 atom stereocenters. The molecule has 0 saturated carbocycles. The number of nitrogens with zero attached hydrogens (tertiary/aromatic N) is 1. The van der Waals surface area contributed by atoms with Crippen molar-refractivity contribution < 1.29 is 18.0 Å².